The number of carbonyl (C=O) groups is 1. The van der Waals surface area contributed by atoms with Crippen molar-refractivity contribution in [3.8, 4) is 0 Å². The zero-order chi connectivity index (χ0) is 18.5. The molecule has 2 unspecified atom stereocenters. The number of aliphatic hydroxyl groups is 1. The lowest BCUT2D eigenvalue weighted by atomic mass is 9.48. The highest BCUT2D eigenvalue weighted by Crippen LogP contribution is 2.86. The van der Waals surface area contributed by atoms with Crippen molar-refractivity contribution in [2.45, 2.75) is 84.2 Å². The lowest BCUT2D eigenvalue weighted by Crippen LogP contribution is -2.51. The number of hydrogen-bond acceptors (Lipinski definition) is 2. The molecule has 0 aliphatic heterocycles. The zero-order valence-corrected chi connectivity index (χ0v) is 18.3. The van der Waals surface area contributed by atoms with Gasteiger partial charge in [-0.2, -0.15) is 0 Å². The van der Waals surface area contributed by atoms with Gasteiger partial charge in [0.05, 0.1) is 10.9 Å². The van der Waals surface area contributed by atoms with E-state index in [0.29, 0.717) is 27.9 Å². The molecule has 0 aromatic rings. The molecule has 2 nitrogen and oxygen atoms in total. The summed E-state index contributed by atoms with van der Waals surface area (Å²) < 4.78 is 0. The maximum absolute atomic E-state index is 12.6. The van der Waals surface area contributed by atoms with Crippen LogP contribution in [0.4, 0.5) is 0 Å². The normalized spacial score (nSPS) is 60.4. The Morgan fingerprint density at radius 2 is 1.81 bits per heavy atom. The minimum atomic E-state index is -0.439. The SMILES string of the molecule is C[C@@H]1[C@]23CC[C@H]4C5CC[C@H](C(=O)CBr)[C@@]5(C)CCC4[C@]12CC[C@@](C)(O)C3. The molecule has 3 heteroatoms. The van der Waals surface area contributed by atoms with Crippen LogP contribution in [-0.4, -0.2) is 21.8 Å². The van der Waals surface area contributed by atoms with Crippen molar-refractivity contribution in [3.05, 3.63) is 0 Å². The highest BCUT2D eigenvalue weighted by Gasteiger charge is 2.81. The van der Waals surface area contributed by atoms with Crippen LogP contribution in [0.3, 0.4) is 0 Å². The van der Waals surface area contributed by atoms with Gasteiger partial charge in [0.1, 0.15) is 5.78 Å². The Hall–Kier alpha value is 0.110. The second-order valence-corrected chi connectivity index (χ2v) is 11.8. The first-order valence-corrected chi connectivity index (χ1v) is 12.2. The quantitative estimate of drug-likeness (QED) is 0.607. The first-order valence-electron chi connectivity index (χ1n) is 11.0. The summed E-state index contributed by atoms with van der Waals surface area (Å²) in [4.78, 5) is 12.6. The van der Waals surface area contributed by atoms with E-state index in [2.05, 4.69) is 36.7 Å². The number of hydrogen-bond donors (Lipinski definition) is 1. The van der Waals surface area contributed by atoms with Crippen molar-refractivity contribution >= 4 is 21.7 Å². The molecule has 9 atom stereocenters. The summed E-state index contributed by atoms with van der Waals surface area (Å²) in [5, 5.41) is 11.3. The molecule has 0 aromatic carbocycles. The van der Waals surface area contributed by atoms with Gasteiger partial charge in [0.15, 0.2) is 0 Å². The van der Waals surface area contributed by atoms with Crippen molar-refractivity contribution < 1.29 is 9.90 Å². The highest BCUT2D eigenvalue weighted by molar-refractivity contribution is 9.09. The molecule has 5 rings (SSSR count). The summed E-state index contributed by atoms with van der Waals surface area (Å²) in [5.41, 5.74) is 0.774. The molecule has 0 amide bonds. The molecule has 0 saturated heterocycles. The van der Waals surface area contributed by atoms with Crippen LogP contribution in [0.15, 0.2) is 0 Å². The lowest BCUT2D eigenvalue weighted by Gasteiger charge is -2.56. The molecule has 0 bridgehead atoms. The maximum atomic E-state index is 12.6. The summed E-state index contributed by atoms with van der Waals surface area (Å²) in [6.45, 7) is 7.03. The third kappa shape index (κ3) is 1.96. The standard InChI is InChI=1S/C23H35BrO2/c1-14-22-9-6-15-16-4-5-18(19(25)12-24)21(16,3)8-7-17(15)23(14,22)11-10-20(2,26)13-22/h14-18,26H,4-13H2,1-3H3/t14-,15+,16?,17?,18-,20-,21+,22-,23+/m1/s1. The molecule has 0 radical (unpaired) electrons. The fraction of sp³-hybridized carbons (Fsp3) is 0.957. The van der Waals surface area contributed by atoms with Crippen LogP contribution in [0.2, 0.25) is 0 Å². The molecule has 146 valence electrons. The molecular weight excluding hydrogens is 388 g/mol. The molecule has 5 saturated carbocycles. The second kappa shape index (κ2) is 5.38. The monoisotopic (exact) mass is 422 g/mol. The molecular formula is C23H35BrO2. The van der Waals surface area contributed by atoms with Crippen molar-refractivity contribution in [2.24, 2.45) is 45.8 Å². The van der Waals surface area contributed by atoms with E-state index in [4.69, 9.17) is 0 Å². The van der Waals surface area contributed by atoms with Gasteiger partial charge in [-0.3, -0.25) is 4.79 Å². The van der Waals surface area contributed by atoms with Crippen molar-refractivity contribution in [2.75, 3.05) is 5.33 Å². The van der Waals surface area contributed by atoms with Gasteiger partial charge in [0.2, 0.25) is 0 Å². The second-order valence-electron chi connectivity index (χ2n) is 11.3. The zero-order valence-electron chi connectivity index (χ0n) is 16.7. The van der Waals surface area contributed by atoms with E-state index >= 15 is 0 Å². The van der Waals surface area contributed by atoms with Gasteiger partial charge < -0.3 is 5.11 Å². The molecule has 5 aliphatic rings. The van der Waals surface area contributed by atoms with E-state index in [1.165, 1.54) is 38.5 Å². The Bertz CT molecular complexity index is 644. The van der Waals surface area contributed by atoms with Crippen LogP contribution < -0.4 is 0 Å². The van der Waals surface area contributed by atoms with Crippen molar-refractivity contribution in [3.63, 3.8) is 0 Å². The van der Waals surface area contributed by atoms with Crippen LogP contribution in [-0.2, 0) is 4.79 Å². The van der Waals surface area contributed by atoms with Crippen molar-refractivity contribution in [1.82, 2.24) is 0 Å². The number of rotatable bonds is 2. The maximum Gasteiger partial charge on any atom is 0.147 e. The molecule has 5 fully saturated rings. The molecule has 1 N–H and O–H groups in total. The van der Waals surface area contributed by atoms with Gasteiger partial charge >= 0.3 is 0 Å². The van der Waals surface area contributed by atoms with Gasteiger partial charge in [-0.25, -0.2) is 0 Å². The van der Waals surface area contributed by atoms with Crippen LogP contribution in [0.1, 0.15) is 78.6 Å². The minimum Gasteiger partial charge on any atom is -0.390 e. The molecule has 0 spiro atoms. The van der Waals surface area contributed by atoms with Gasteiger partial charge in [-0.15, -0.1) is 0 Å². The highest BCUT2D eigenvalue weighted by atomic mass is 79.9. The van der Waals surface area contributed by atoms with E-state index in [1.54, 1.807) is 0 Å². The molecule has 5 aliphatic carbocycles. The summed E-state index contributed by atoms with van der Waals surface area (Å²) in [6.07, 6.45) is 10.9. The van der Waals surface area contributed by atoms with E-state index in [0.717, 1.165) is 42.9 Å². The van der Waals surface area contributed by atoms with Gasteiger partial charge in [-0.05, 0) is 105 Å². The third-order valence-electron chi connectivity index (χ3n) is 10.8. The molecule has 0 heterocycles. The number of fused-ring (bicyclic) bond motifs is 3. The Balaban J connectivity index is 1.46. The van der Waals surface area contributed by atoms with E-state index < -0.39 is 5.60 Å². The predicted molar refractivity (Wildman–Crippen MR) is 107 cm³/mol. The average Bonchev–Trinajstić information content (AvgIpc) is 2.94. The van der Waals surface area contributed by atoms with E-state index in [1.807, 2.05) is 0 Å². The topological polar surface area (TPSA) is 37.3 Å². The summed E-state index contributed by atoms with van der Waals surface area (Å²) >= 11 is 3.44. The smallest absolute Gasteiger partial charge is 0.147 e. The molecule has 0 aromatic heterocycles. The Labute approximate surface area is 167 Å². The van der Waals surface area contributed by atoms with E-state index in [9.17, 15) is 9.90 Å². The van der Waals surface area contributed by atoms with Crippen LogP contribution in [0.5, 0.6) is 0 Å². The Morgan fingerprint density at radius 3 is 2.54 bits per heavy atom. The number of carbonyl (C=O) groups excluding carboxylic acids is 1. The summed E-state index contributed by atoms with van der Waals surface area (Å²) in [7, 11) is 0. The van der Waals surface area contributed by atoms with E-state index in [-0.39, 0.29) is 5.41 Å². The fourth-order valence-corrected chi connectivity index (χ4v) is 10.1. The van der Waals surface area contributed by atoms with Crippen LogP contribution in [0.25, 0.3) is 0 Å². The predicted octanol–water partition coefficient (Wildman–Crippen LogP) is 5.36. The van der Waals surface area contributed by atoms with Gasteiger partial charge in [-0.1, -0.05) is 29.8 Å². The number of ketones is 1. The van der Waals surface area contributed by atoms with Gasteiger partial charge in [0, 0.05) is 5.92 Å². The van der Waals surface area contributed by atoms with Crippen molar-refractivity contribution in [1.29, 1.82) is 0 Å². The number of alkyl halides is 1. The van der Waals surface area contributed by atoms with Gasteiger partial charge in [0.25, 0.3) is 0 Å². The Kier molecular flexibility index (Phi) is 3.75. The summed E-state index contributed by atoms with van der Waals surface area (Å²) in [6, 6.07) is 0. The third-order valence-corrected chi connectivity index (χ3v) is 11.3. The fourth-order valence-electron chi connectivity index (χ4n) is 9.75. The Morgan fingerprint density at radius 1 is 1.04 bits per heavy atom. The largest absolute Gasteiger partial charge is 0.390 e. The van der Waals surface area contributed by atoms with Crippen LogP contribution >= 0.6 is 15.9 Å². The first kappa shape index (κ1) is 18.2. The number of Topliss-reactive ketones (excluding diaryl/α,β-unsaturated/α-hetero) is 1. The number of halogens is 1. The average molecular weight is 423 g/mol. The van der Waals surface area contributed by atoms with Crippen LogP contribution in [0, 0.1) is 45.8 Å². The lowest BCUT2D eigenvalue weighted by molar-refractivity contribution is -0.130. The molecule has 26 heavy (non-hydrogen) atoms. The summed E-state index contributed by atoms with van der Waals surface area (Å²) in [5.74, 6) is 3.99. The first-order chi connectivity index (χ1) is 12.2. The minimum absolute atomic E-state index is 0.251.